The second kappa shape index (κ2) is 6.56. The molecule has 0 N–H and O–H groups in total. The average Bonchev–Trinajstić information content (AvgIpc) is 2.22. The number of hydrogen-bond donors (Lipinski definition) is 0. The molecule has 0 bridgehead atoms. The molecule has 0 saturated heterocycles. The Kier molecular flexibility index (Phi) is 5.92. The van der Waals surface area contributed by atoms with E-state index in [0.29, 0.717) is 22.6 Å². The monoisotopic (exact) mass is 374 g/mol. The van der Waals surface area contributed by atoms with E-state index in [9.17, 15) is 0 Å². The van der Waals surface area contributed by atoms with Gasteiger partial charge in [0, 0.05) is 9.30 Å². The summed E-state index contributed by atoms with van der Waals surface area (Å²) in [4.78, 5) is 0.435. The SMILES string of the molecule is Cc1cc(C(Br)C(C(C)C)C(C)C)c(C)cc1Br. The van der Waals surface area contributed by atoms with Gasteiger partial charge in [0.25, 0.3) is 0 Å². The molecule has 0 saturated carbocycles. The van der Waals surface area contributed by atoms with Crippen molar-refractivity contribution in [1.82, 2.24) is 0 Å². The van der Waals surface area contributed by atoms with Crippen LogP contribution in [0.4, 0.5) is 0 Å². The fourth-order valence-electron chi connectivity index (χ4n) is 2.75. The maximum atomic E-state index is 3.95. The molecule has 1 rings (SSSR count). The third-order valence-corrected chi connectivity index (χ3v) is 5.68. The maximum absolute atomic E-state index is 3.95. The van der Waals surface area contributed by atoms with Gasteiger partial charge in [-0.3, -0.25) is 0 Å². The van der Waals surface area contributed by atoms with Crippen molar-refractivity contribution in [2.45, 2.75) is 46.4 Å². The minimum atomic E-state index is 0.435. The van der Waals surface area contributed by atoms with Gasteiger partial charge in [0.1, 0.15) is 0 Å². The molecular weight excluding hydrogens is 352 g/mol. The fourth-order valence-corrected chi connectivity index (χ4v) is 4.93. The van der Waals surface area contributed by atoms with Crippen LogP contribution < -0.4 is 0 Å². The Morgan fingerprint density at radius 1 is 0.889 bits per heavy atom. The third-order valence-electron chi connectivity index (χ3n) is 3.72. The molecule has 0 spiro atoms. The molecule has 0 amide bonds. The Balaban J connectivity index is 3.16. The van der Waals surface area contributed by atoms with Crippen molar-refractivity contribution in [2.24, 2.45) is 17.8 Å². The molecule has 18 heavy (non-hydrogen) atoms. The lowest BCUT2D eigenvalue weighted by atomic mass is 9.80. The molecule has 0 aromatic heterocycles. The minimum Gasteiger partial charge on any atom is -0.0835 e. The zero-order valence-corrected chi connectivity index (χ0v) is 15.4. The molecule has 0 radical (unpaired) electrons. The van der Waals surface area contributed by atoms with Gasteiger partial charge in [0.05, 0.1) is 0 Å². The molecule has 0 aliphatic heterocycles. The first kappa shape index (κ1) is 16.2. The van der Waals surface area contributed by atoms with Crippen LogP contribution in [-0.4, -0.2) is 0 Å². The third kappa shape index (κ3) is 3.60. The standard InChI is InChI=1S/C16H24Br2/c1-9(2)15(10(3)4)16(18)13-7-12(6)14(17)8-11(13)5/h7-10,15-16H,1-6H3. The van der Waals surface area contributed by atoms with Crippen molar-refractivity contribution in [2.75, 3.05) is 0 Å². The molecule has 0 nitrogen and oxygen atoms in total. The smallest absolute Gasteiger partial charge is 0.0431 e. The predicted octanol–water partition coefficient (Wildman–Crippen LogP) is 6.43. The van der Waals surface area contributed by atoms with Gasteiger partial charge in [-0.2, -0.15) is 0 Å². The van der Waals surface area contributed by atoms with E-state index in [2.05, 4.69) is 85.5 Å². The highest BCUT2D eigenvalue weighted by Gasteiger charge is 2.27. The van der Waals surface area contributed by atoms with E-state index in [1.165, 1.54) is 21.2 Å². The number of benzene rings is 1. The first-order valence-electron chi connectivity index (χ1n) is 6.66. The van der Waals surface area contributed by atoms with Crippen molar-refractivity contribution in [3.8, 4) is 0 Å². The van der Waals surface area contributed by atoms with Gasteiger partial charge in [-0.25, -0.2) is 0 Å². The highest BCUT2D eigenvalue weighted by molar-refractivity contribution is 9.10. The van der Waals surface area contributed by atoms with E-state index in [1.807, 2.05) is 0 Å². The molecule has 2 heteroatoms. The Labute approximate surface area is 129 Å². The van der Waals surface area contributed by atoms with Gasteiger partial charge in [-0.1, -0.05) is 65.6 Å². The topological polar surface area (TPSA) is 0 Å². The molecule has 1 unspecified atom stereocenters. The van der Waals surface area contributed by atoms with E-state index < -0.39 is 0 Å². The molecule has 1 aromatic carbocycles. The van der Waals surface area contributed by atoms with Crippen molar-refractivity contribution in [3.05, 3.63) is 33.3 Å². The van der Waals surface area contributed by atoms with E-state index in [-0.39, 0.29) is 0 Å². The maximum Gasteiger partial charge on any atom is 0.0431 e. The van der Waals surface area contributed by atoms with Crippen LogP contribution in [0.5, 0.6) is 0 Å². The second-order valence-electron chi connectivity index (χ2n) is 5.93. The summed E-state index contributed by atoms with van der Waals surface area (Å²) in [7, 11) is 0. The van der Waals surface area contributed by atoms with E-state index in [1.54, 1.807) is 0 Å². The average molecular weight is 376 g/mol. The lowest BCUT2D eigenvalue weighted by molar-refractivity contribution is 0.284. The fraction of sp³-hybridized carbons (Fsp3) is 0.625. The zero-order valence-electron chi connectivity index (χ0n) is 12.2. The number of hydrogen-bond acceptors (Lipinski definition) is 0. The summed E-state index contributed by atoms with van der Waals surface area (Å²) in [5.74, 6) is 2.01. The largest absolute Gasteiger partial charge is 0.0835 e. The molecule has 0 aliphatic carbocycles. The Hall–Kier alpha value is 0.180. The molecule has 0 aliphatic rings. The predicted molar refractivity (Wildman–Crippen MR) is 88.5 cm³/mol. The van der Waals surface area contributed by atoms with Crippen molar-refractivity contribution >= 4 is 31.9 Å². The second-order valence-corrected chi connectivity index (χ2v) is 7.77. The summed E-state index contributed by atoms with van der Waals surface area (Å²) in [5, 5.41) is 0. The summed E-state index contributed by atoms with van der Waals surface area (Å²) in [6.07, 6.45) is 0. The van der Waals surface area contributed by atoms with Crippen LogP contribution in [0.25, 0.3) is 0 Å². The number of alkyl halides is 1. The quantitative estimate of drug-likeness (QED) is 0.531. The highest BCUT2D eigenvalue weighted by Crippen LogP contribution is 2.42. The van der Waals surface area contributed by atoms with Crippen LogP contribution in [0.3, 0.4) is 0 Å². The van der Waals surface area contributed by atoms with Crippen molar-refractivity contribution < 1.29 is 0 Å². The molecule has 0 heterocycles. The van der Waals surface area contributed by atoms with Crippen molar-refractivity contribution in [3.63, 3.8) is 0 Å². The summed E-state index contributed by atoms with van der Waals surface area (Å²) in [5.41, 5.74) is 4.11. The van der Waals surface area contributed by atoms with E-state index >= 15 is 0 Å². The van der Waals surface area contributed by atoms with E-state index in [0.717, 1.165) is 0 Å². The summed E-state index contributed by atoms with van der Waals surface area (Å²) >= 11 is 7.56. The van der Waals surface area contributed by atoms with Gasteiger partial charge in [0.2, 0.25) is 0 Å². The van der Waals surface area contributed by atoms with Gasteiger partial charge in [0.15, 0.2) is 0 Å². The van der Waals surface area contributed by atoms with Gasteiger partial charge in [-0.15, -0.1) is 0 Å². The van der Waals surface area contributed by atoms with Crippen LogP contribution in [0.1, 0.15) is 49.2 Å². The molecular formula is C16H24Br2. The highest BCUT2D eigenvalue weighted by atomic mass is 79.9. The normalized spacial score (nSPS) is 13.7. The summed E-state index contributed by atoms with van der Waals surface area (Å²) in [6, 6.07) is 4.55. The molecule has 1 atom stereocenters. The van der Waals surface area contributed by atoms with Crippen molar-refractivity contribution in [1.29, 1.82) is 0 Å². The van der Waals surface area contributed by atoms with Crippen LogP contribution in [0, 0.1) is 31.6 Å². The lowest BCUT2D eigenvalue weighted by Gasteiger charge is -2.31. The number of rotatable bonds is 4. The van der Waals surface area contributed by atoms with E-state index in [4.69, 9.17) is 0 Å². The van der Waals surface area contributed by atoms with Crippen LogP contribution in [-0.2, 0) is 0 Å². The Bertz CT molecular complexity index is 400. The van der Waals surface area contributed by atoms with Crippen LogP contribution >= 0.6 is 31.9 Å². The summed E-state index contributed by atoms with van der Waals surface area (Å²) < 4.78 is 1.20. The summed E-state index contributed by atoms with van der Waals surface area (Å²) in [6.45, 7) is 13.6. The Morgan fingerprint density at radius 3 is 1.83 bits per heavy atom. The zero-order chi connectivity index (χ0) is 14.0. The molecule has 102 valence electrons. The molecule has 0 fully saturated rings. The number of aryl methyl sites for hydroxylation is 2. The van der Waals surface area contributed by atoms with Crippen LogP contribution in [0.2, 0.25) is 0 Å². The molecule has 1 aromatic rings. The number of halogens is 2. The first-order chi connectivity index (χ1) is 8.25. The first-order valence-corrected chi connectivity index (χ1v) is 8.37. The van der Waals surface area contributed by atoms with Gasteiger partial charge < -0.3 is 0 Å². The Morgan fingerprint density at radius 2 is 1.39 bits per heavy atom. The lowest BCUT2D eigenvalue weighted by Crippen LogP contribution is -2.21. The minimum absolute atomic E-state index is 0.435. The van der Waals surface area contributed by atoms with Crippen LogP contribution in [0.15, 0.2) is 16.6 Å². The van der Waals surface area contributed by atoms with Gasteiger partial charge in [-0.05, 0) is 54.4 Å². The van der Waals surface area contributed by atoms with Gasteiger partial charge >= 0.3 is 0 Å².